The number of imide groups is 1. The van der Waals surface area contributed by atoms with Crippen LogP contribution in [-0.2, 0) is 9.59 Å². The first-order chi connectivity index (χ1) is 11.2. The predicted molar refractivity (Wildman–Crippen MR) is 95.5 cm³/mol. The van der Waals surface area contributed by atoms with E-state index in [1.807, 2.05) is 26.8 Å². The molecule has 1 aromatic rings. The van der Waals surface area contributed by atoms with Gasteiger partial charge in [0.05, 0.1) is 11.4 Å². The quantitative estimate of drug-likeness (QED) is 0.524. The molecule has 0 bridgehead atoms. The maximum atomic E-state index is 12.5. The number of hydrogen-bond acceptors (Lipinski definition) is 4. The third kappa shape index (κ3) is 3.24. The minimum Gasteiger partial charge on any atom is -0.397 e. The predicted octanol–water partition coefficient (Wildman–Crippen LogP) is 2.39. The molecule has 1 aliphatic heterocycles. The molecule has 24 heavy (non-hydrogen) atoms. The van der Waals surface area contributed by atoms with Gasteiger partial charge >= 0.3 is 6.03 Å². The standard InChI is InChI=1S/C16H21BrN4O3/c1-4-16(5-2)14(23)21(15(24)20-16)8-12(22)19-11-7-10(17)6-9(3)13(11)18/h6-7H,4-5,8,18H2,1-3H3,(H,19,22)(H,20,24). The van der Waals surface area contributed by atoms with Gasteiger partial charge in [-0.2, -0.15) is 0 Å². The molecule has 0 saturated carbocycles. The summed E-state index contributed by atoms with van der Waals surface area (Å²) >= 11 is 3.34. The van der Waals surface area contributed by atoms with E-state index in [0.717, 1.165) is 14.9 Å². The molecule has 0 atom stereocenters. The van der Waals surface area contributed by atoms with Gasteiger partial charge in [0.25, 0.3) is 5.91 Å². The second-order valence-electron chi connectivity index (χ2n) is 5.84. The smallest absolute Gasteiger partial charge is 0.325 e. The number of nitrogens with two attached hydrogens (primary N) is 1. The van der Waals surface area contributed by atoms with Crippen molar-refractivity contribution in [2.45, 2.75) is 39.2 Å². The van der Waals surface area contributed by atoms with Crippen LogP contribution in [0.1, 0.15) is 32.3 Å². The Kier molecular flexibility index (Phi) is 5.17. The van der Waals surface area contributed by atoms with Gasteiger partial charge in [0.15, 0.2) is 0 Å². The summed E-state index contributed by atoms with van der Waals surface area (Å²) in [6, 6.07) is 2.96. The van der Waals surface area contributed by atoms with E-state index in [2.05, 4.69) is 26.6 Å². The van der Waals surface area contributed by atoms with E-state index in [-0.39, 0.29) is 12.5 Å². The number of halogens is 1. The number of rotatable bonds is 5. The van der Waals surface area contributed by atoms with Crippen molar-refractivity contribution in [3.63, 3.8) is 0 Å². The van der Waals surface area contributed by atoms with Crippen molar-refractivity contribution >= 4 is 45.2 Å². The molecule has 1 heterocycles. The van der Waals surface area contributed by atoms with Gasteiger partial charge in [-0.05, 0) is 37.5 Å². The Hall–Kier alpha value is -2.09. The highest BCUT2D eigenvalue weighted by Crippen LogP contribution is 2.28. The summed E-state index contributed by atoms with van der Waals surface area (Å²) in [5.74, 6) is -0.850. The van der Waals surface area contributed by atoms with E-state index < -0.39 is 17.5 Å². The number of aryl methyl sites for hydroxylation is 1. The molecule has 130 valence electrons. The number of urea groups is 1. The summed E-state index contributed by atoms with van der Waals surface area (Å²) < 4.78 is 0.774. The fourth-order valence-electron chi connectivity index (χ4n) is 2.74. The van der Waals surface area contributed by atoms with Crippen molar-refractivity contribution in [1.82, 2.24) is 10.2 Å². The molecular formula is C16H21BrN4O3. The largest absolute Gasteiger partial charge is 0.397 e. The second-order valence-corrected chi connectivity index (χ2v) is 6.76. The molecule has 0 aromatic heterocycles. The maximum Gasteiger partial charge on any atom is 0.325 e. The van der Waals surface area contributed by atoms with Gasteiger partial charge in [-0.1, -0.05) is 29.8 Å². The molecule has 7 nitrogen and oxygen atoms in total. The Balaban J connectivity index is 2.13. The first kappa shape index (κ1) is 18.3. The highest BCUT2D eigenvalue weighted by molar-refractivity contribution is 9.10. The molecule has 0 radical (unpaired) electrons. The first-order valence-corrected chi connectivity index (χ1v) is 8.53. The van der Waals surface area contributed by atoms with Crippen LogP contribution in [0, 0.1) is 6.92 Å². The van der Waals surface area contributed by atoms with Crippen molar-refractivity contribution in [3.05, 3.63) is 22.2 Å². The molecular weight excluding hydrogens is 376 g/mol. The molecule has 0 spiro atoms. The van der Waals surface area contributed by atoms with Crippen molar-refractivity contribution in [3.8, 4) is 0 Å². The molecule has 0 unspecified atom stereocenters. The van der Waals surface area contributed by atoms with Gasteiger partial charge in [0.1, 0.15) is 12.1 Å². The van der Waals surface area contributed by atoms with Gasteiger partial charge in [0.2, 0.25) is 5.91 Å². The Morgan fingerprint density at radius 3 is 2.50 bits per heavy atom. The lowest BCUT2D eigenvalue weighted by molar-refractivity contribution is -0.134. The lowest BCUT2D eigenvalue weighted by Crippen LogP contribution is -2.46. The zero-order chi connectivity index (χ0) is 18.1. The molecule has 1 aliphatic rings. The van der Waals surface area contributed by atoms with Crippen LogP contribution in [0.25, 0.3) is 0 Å². The summed E-state index contributed by atoms with van der Waals surface area (Å²) in [4.78, 5) is 37.8. The zero-order valence-electron chi connectivity index (χ0n) is 13.9. The summed E-state index contributed by atoms with van der Waals surface area (Å²) in [6.45, 7) is 5.13. The average Bonchev–Trinajstić information content (AvgIpc) is 2.76. The van der Waals surface area contributed by atoms with E-state index in [9.17, 15) is 14.4 Å². The lowest BCUT2D eigenvalue weighted by atomic mass is 9.93. The number of carbonyl (C=O) groups is 3. The van der Waals surface area contributed by atoms with Crippen LogP contribution in [-0.4, -0.2) is 34.8 Å². The Labute approximate surface area is 149 Å². The normalized spacial score (nSPS) is 16.2. The van der Waals surface area contributed by atoms with Crippen molar-refractivity contribution in [2.24, 2.45) is 0 Å². The topological polar surface area (TPSA) is 105 Å². The molecule has 1 aromatic carbocycles. The van der Waals surface area contributed by atoms with E-state index in [4.69, 9.17) is 5.73 Å². The number of anilines is 2. The molecule has 0 aliphatic carbocycles. The van der Waals surface area contributed by atoms with E-state index in [1.165, 1.54) is 0 Å². The van der Waals surface area contributed by atoms with Crippen LogP contribution in [0.4, 0.5) is 16.2 Å². The van der Waals surface area contributed by atoms with Crippen molar-refractivity contribution in [1.29, 1.82) is 0 Å². The zero-order valence-corrected chi connectivity index (χ0v) is 15.5. The van der Waals surface area contributed by atoms with Crippen molar-refractivity contribution < 1.29 is 14.4 Å². The molecule has 2 rings (SSSR count). The fourth-order valence-corrected chi connectivity index (χ4v) is 3.31. The number of hydrogen-bond donors (Lipinski definition) is 3. The third-order valence-corrected chi connectivity index (χ3v) is 4.84. The molecule has 1 saturated heterocycles. The van der Waals surface area contributed by atoms with Crippen LogP contribution >= 0.6 is 15.9 Å². The number of nitrogens with zero attached hydrogens (tertiary/aromatic N) is 1. The van der Waals surface area contributed by atoms with Crippen LogP contribution < -0.4 is 16.4 Å². The van der Waals surface area contributed by atoms with E-state index in [1.54, 1.807) is 6.07 Å². The minimum absolute atomic E-state index is 0.350. The third-order valence-electron chi connectivity index (χ3n) is 4.38. The molecule has 4 amide bonds. The van der Waals surface area contributed by atoms with Crippen molar-refractivity contribution in [2.75, 3.05) is 17.6 Å². The highest BCUT2D eigenvalue weighted by atomic mass is 79.9. The van der Waals surface area contributed by atoms with Gasteiger partial charge in [-0.15, -0.1) is 0 Å². The Morgan fingerprint density at radius 2 is 1.96 bits per heavy atom. The number of amides is 4. The summed E-state index contributed by atoms with van der Waals surface area (Å²) in [6.07, 6.45) is 0.952. The number of nitrogens with one attached hydrogen (secondary N) is 2. The van der Waals surface area contributed by atoms with Crippen LogP contribution in [0.2, 0.25) is 0 Å². The number of benzene rings is 1. The van der Waals surface area contributed by atoms with Gasteiger partial charge < -0.3 is 16.4 Å². The van der Waals surface area contributed by atoms with Gasteiger partial charge in [-0.3, -0.25) is 14.5 Å². The minimum atomic E-state index is -0.914. The molecule has 4 N–H and O–H groups in total. The van der Waals surface area contributed by atoms with E-state index >= 15 is 0 Å². The first-order valence-electron chi connectivity index (χ1n) is 7.73. The monoisotopic (exact) mass is 396 g/mol. The maximum absolute atomic E-state index is 12.5. The Morgan fingerprint density at radius 1 is 1.33 bits per heavy atom. The van der Waals surface area contributed by atoms with Crippen LogP contribution in [0.5, 0.6) is 0 Å². The van der Waals surface area contributed by atoms with Crippen LogP contribution in [0.15, 0.2) is 16.6 Å². The highest BCUT2D eigenvalue weighted by Gasteiger charge is 2.49. The number of nitrogen functional groups attached to an aromatic ring is 1. The SMILES string of the molecule is CCC1(CC)NC(=O)N(CC(=O)Nc2cc(Br)cc(C)c2N)C1=O. The van der Waals surface area contributed by atoms with E-state index in [0.29, 0.717) is 24.2 Å². The van der Waals surface area contributed by atoms with Gasteiger partial charge in [0, 0.05) is 4.47 Å². The van der Waals surface area contributed by atoms with Gasteiger partial charge in [-0.25, -0.2) is 4.79 Å². The Bertz CT molecular complexity index is 701. The fraction of sp³-hybridized carbons (Fsp3) is 0.438. The molecule has 1 fully saturated rings. The average molecular weight is 397 g/mol. The lowest BCUT2D eigenvalue weighted by Gasteiger charge is -2.23. The number of carbonyl (C=O) groups excluding carboxylic acids is 3. The second kappa shape index (κ2) is 6.80. The molecule has 8 heteroatoms. The van der Waals surface area contributed by atoms with Crippen LogP contribution in [0.3, 0.4) is 0 Å². The summed E-state index contributed by atoms with van der Waals surface area (Å²) in [7, 11) is 0. The summed E-state index contributed by atoms with van der Waals surface area (Å²) in [5, 5.41) is 5.35. The summed E-state index contributed by atoms with van der Waals surface area (Å²) in [5.41, 5.74) is 6.74.